The first kappa shape index (κ1) is 16.6. The first-order valence-corrected chi connectivity index (χ1v) is 9.07. The molecule has 5 nitrogen and oxygen atoms in total. The van der Waals surface area contributed by atoms with Gasteiger partial charge < -0.3 is 15.4 Å². The van der Waals surface area contributed by atoms with Crippen molar-refractivity contribution >= 4 is 17.5 Å². The smallest absolute Gasteiger partial charge is 0.262 e. The number of rotatable bonds is 2. The van der Waals surface area contributed by atoms with Crippen LogP contribution < -0.4 is 15.4 Å². The predicted octanol–water partition coefficient (Wildman–Crippen LogP) is 3.46. The SMILES string of the molecule is C[C@H]1CCCc2ccccc2[C@@H]1NC(=O)c1ccc2c(c1)NC(=O)CO2. The number of fused-ring (bicyclic) bond motifs is 2. The number of nitrogens with one attached hydrogen (secondary N) is 2. The van der Waals surface area contributed by atoms with Crippen LogP contribution in [0.1, 0.15) is 47.3 Å². The summed E-state index contributed by atoms with van der Waals surface area (Å²) < 4.78 is 5.36. The summed E-state index contributed by atoms with van der Waals surface area (Å²) in [6, 6.07) is 13.5. The van der Waals surface area contributed by atoms with Crippen molar-refractivity contribution in [2.75, 3.05) is 11.9 Å². The largest absolute Gasteiger partial charge is 0.482 e. The molecule has 2 atom stereocenters. The lowest BCUT2D eigenvalue weighted by atomic mass is 9.92. The van der Waals surface area contributed by atoms with Gasteiger partial charge in [0.25, 0.3) is 11.8 Å². The van der Waals surface area contributed by atoms with Crippen LogP contribution >= 0.6 is 0 Å². The molecule has 0 unspecified atom stereocenters. The van der Waals surface area contributed by atoms with Gasteiger partial charge in [-0.3, -0.25) is 9.59 Å². The molecule has 1 heterocycles. The Bertz CT molecular complexity index is 862. The molecule has 0 aromatic heterocycles. The standard InChI is InChI=1S/C21H22N2O3/c1-13-5-4-7-14-6-2-3-8-16(14)20(13)23-21(25)15-9-10-18-17(11-15)22-19(24)12-26-18/h2-3,6,8-11,13,20H,4-5,7,12H2,1H3,(H,22,24)(H,23,25)/t13-,20+/m0/s1. The Hall–Kier alpha value is -2.82. The fourth-order valence-corrected chi connectivity index (χ4v) is 3.82. The predicted molar refractivity (Wildman–Crippen MR) is 99.3 cm³/mol. The third-order valence-corrected chi connectivity index (χ3v) is 5.23. The van der Waals surface area contributed by atoms with Crippen LogP contribution in [0.3, 0.4) is 0 Å². The zero-order valence-corrected chi connectivity index (χ0v) is 14.7. The van der Waals surface area contributed by atoms with Gasteiger partial charge in [0.2, 0.25) is 0 Å². The average molecular weight is 350 g/mol. The zero-order valence-electron chi connectivity index (χ0n) is 14.7. The second-order valence-electron chi connectivity index (χ2n) is 7.07. The number of anilines is 1. The molecule has 4 rings (SSSR count). The van der Waals surface area contributed by atoms with E-state index in [2.05, 4.69) is 35.8 Å². The van der Waals surface area contributed by atoms with E-state index < -0.39 is 0 Å². The van der Waals surface area contributed by atoms with Gasteiger partial charge in [-0.25, -0.2) is 0 Å². The highest BCUT2D eigenvalue weighted by Gasteiger charge is 2.27. The molecule has 26 heavy (non-hydrogen) atoms. The molecule has 2 aromatic carbocycles. The Kier molecular flexibility index (Phi) is 4.37. The summed E-state index contributed by atoms with van der Waals surface area (Å²) in [6.07, 6.45) is 3.26. The Morgan fingerprint density at radius 1 is 1.23 bits per heavy atom. The minimum Gasteiger partial charge on any atom is -0.482 e. The van der Waals surface area contributed by atoms with E-state index in [1.807, 2.05) is 6.07 Å². The zero-order chi connectivity index (χ0) is 18.1. The van der Waals surface area contributed by atoms with Gasteiger partial charge in [0.05, 0.1) is 11.7 Å². The molecule has 0 spiro atoms. The van der Waals surface area contributed by atoms with Crippen LogP contribution in [0.15, 0.2) is 42.5 Å². The number of hydrogen-bond donors (Lipinski definition) is 2. The van der Waals surface area contributed by atoms with E-state index in [4.69, 9.17) is 4.74 Å². The maximum Gasteiger partial charge on any atom is 0.262 e. The molecule has 2 amide bonds. The number of carbonyl (C=O) groups is 2. The monoisotopic (exact) mass is 350 g/mol. The highest BCUT2D eigenvalue weighted by Crippen LogP contribution is 2.34. The summed E-state index contributed by atoms with van der Waals surface area (Å²) in [5.41, 5.74) is 3.58. The van der Waals surface area contributed by atoms with Crippen molar-refractivity contribution in [2.24, 2.45) is 5.92 Å². The number of hydrogen-bond acceptors (Lipinski definition) is 3. The summed E-state index contributed by atoms with van der Waals surface area (Å²) in [5.74, 6) is 0.611. The lowest BCUT2D eigenvalue weighted by Gasteiger charge is -2.25. The molecule has 5 heteroatoms. The van der Waals surface area contributed by atoms with Crippen molar-refractivity contribution in [2.45, 2.75) is 32.2 Å². The number of ether oxygens (including phenoxy) is 1. The van der Waals surface area contributed by atoms with E-state index in [1.165, 1.54) is 11.1 Å². The van der Waals surface area contributed by atoms with E-state index in [1.54, 1.807) is 18.2 Å². The summed E-state index contributed by atoms with van der Waals surface area (Å²) >= 11 is 0. The fourth-order valence-electron chi connectivity index (χ4n) is 3.82. The lowest BCUT2D eigenvalue weighted by molar-refractivity contribution is -0.118. The molecule has 2 aliphatic rings. The highest BCUT2D eigenvalue weighted by molar-refractivity contribution is 6.00. The second kappa shape index (κ2) is 6.83. The van der Waals surface area contributed by atoms with Gasteiger partial charge in [-0.1, -0.05) is 31.2 Å². The van der Waals surface area contributed by atoms with Crippen molar-refractivity contribution < 1.29 is 14.3 Å². The molecule has 1 aliphatic heterocycles. The van der Waals surface area contributed by atoms with Crippen LogP contribution in [0.2, 0.25) is 0 Å². The second-order valence-corrected chi connectivity index (χ2v) is 7.07. The van der Waals surface area contributed by atoms with Crippen LogP contribution in [0.4, 0.5) is 5.69 Å². The normalized spacial score (nSPS) is 21.5. The Balaban J connectivity index is 1.60. The molecular weight excluding hydrogens is 328 g/mol. The molecule has 0 saturated carbocycles. The maximum atomic E-state index is 12.9. The average Bonchev–Trinajstić information content (AvgIpc) is 2.80. The number of amides is 2. The van der Waals surface area contributed by atoms with Gasteiger partial charge in [0.15, 0.2) is 6.61 Å². The first-order chi connectivity index (χ1) is 12.6. The molecular formula is C21H22N2O3. The Morgan fingerprint density at radius 2 is 2.08 bits per heavy atom. The van der Waals surface area contributed by atoms with Crippen molar-refractivity contribution in [1.29, 1.82) is 0 Å². The van der Waals surface area contributed by atoms with Gasteiger partial charge in [-0.15, -0.1) is 0 Å². The van der Waals surface area contributed by atoms with Crippen LogP contribution in [0.25, 0.3) is 0 Å². The van der Waals surface area contributed by atoms with Crippen molar-refractivity contribution in [3.8, 4) is 5.75 Å². The maximum absolute atomic E-state index is 12.9. The van der Waals surface area contributed by atoms with E-state index in [-0.39, 0.29) is 24.5 Å². The molecule has 2 N–H and O–H groups in total. The van der Waals surface area contributed by atoms with Crippen molar-refractivity contribution in [3.05, 3.63) is 59.2 Å². The quantitative estimate of drug-likeness (QED) is 0.815. The van der Waals surface area contributed by atoms with E-state index >= 15 is 0 Å². The minimum absolute atomic E-state index is 0.00885. The topological polar surface area (TPSA) is 67.4 Å². The molecule has 0 fully saturated rings. The molecule has 1 aliphatic carbocycles. The van der Waals surface area contributed by atoms with Crippen molar-refractivity contribution in [1.82, 2.24) is 5.32 Å². The van der Waals surface area contributed by atoms with Crippen molar-refractivity contribution in [3.63, 3.8) is 0 Å². The van der Waals surface area contributed by atoms with Gasteiger partial charge in [-0.05, 0) is 54.5 Å². The van der Waals surface area contributed by atoms with E-state index in [0.717, 1.165) is 19.3 Å². The summed E-state index contributed by atoms with van der Waals surface area (Å²) in [4.78, 5) is 24.4. The Morgan fingerprint density at radius 3 is 2.96 bits per heavy atom. The Labute approximate surface area is 152 Å². The van der Waals surface area contributed by atoms with Crippen LogP contribution in [-0.4, -0.2) is 18.4 Å². The van der Waals surface area contributed by atoms with Crippen LogP contribution in [-0.2, 0) is 11.2 Å². The fraction of sp³-hybridized carbons (Fsp3) is 0.333. The van der Waals surface area contributed by atoms with E-state index in [9.17, 15) is 9.59 Å². The number of carbonyl (C=O) groups excluding carboxylic acids is 2. The first-order valence-electron chi connectivity index (χ1n) is 9.07. The lowest BCUT2D eigenvalue weighted by Crippen LogP contribution is -2.33. The van der Waals surface area contributed by atoms with Gasteiger partial charge in [-0.2, -0.15) is 0 Å². The van der Waals surface area contributed by atoms with Gasteiger partial charge in [0.1, 0.15) is 5.75 Å². The van der Waals surface area contributed by atoms with Gasteiger partial charge >= 0.3 is 0 Å². The highest BCUT2D eigenvalue weighted by atomic mass is 16.5. The van der Waals surface area contributed by atoms with Crippen LogP contribution in [0, 0.1) is 5.92 Å². The molecule has 0 bridgehead atoms. The summed E-state index contributed by atoms with van der Waals surface area (Å²) in [6.45, 7) is 2.20. The van der Waals surface area contributed by atoms with Gasteiger partial charge in [0, 0.05) is 5.56 Å². The summed E-state index contributed by atoms with van der Waals surface area (Å²) in [7, 11) is 0. The third kappa shape index (κ3) is 3.17. The molecule has 2 aromatic rings. The molecule has 134 valence electrons. The van der Waals surface area contributed by atoms with Crippen LogP contribution in [0.5, 0.6) is 5.75 Å². The molecule has 0 radical (unpaired) electrons. The van der Waals surface area contributed by atoms with E-state index in [0.29, 0.717) is 22.9 Å². The number of aryl methyl sites for hydroxylation is 1. The minimum atomic E-state index is -0.207. The number of benzene rings is 2. The summed E-state index contributed by atoms with van der Waals surface area (Å²) in [5, 5.41) is 5.96. The molecule has 0 saturated heterocycles. The third-order valence-electron chi connectivity index (χ3n) is 5.23.